The largest absolute Gasteiger partial charge is 0.399 e. The van der Waals surface area contributed by atoms with Crippen LogP contribution in [0.2, 0.25) is 0 Å². The van der Waals surface area contributed by atoms with Crippen molar-refractivity contribution in [3.8, 4) is 0 Å². The van der Waals surface area contributed by atoms with Crippen molar-refractivity contribution in [2.24, 2.45) is 0 Å². The Bertz CT molecular complexity index is 642. The quantitative estimate of drug-likeness (QED) is 0.514. The number of nitrogen functional groups attached to an aromatic ring is 1. The highest BCUT2D eigenvalue weighted by molar-refractivity contribution is 6.33. The summed E-state index contributed by atoms with van der Waals surface area (Å²) in [5.74, 6) is 0.0577. The van der Waals surface area contributed by atoms with Crippen LogP contribution in [0, 0.1) is 0 Å². The third kappa shape index (κ3) is 2.07. The minimum absolute atomic E-state index is 0.0577. The standard InChI is InChI=1S/C16H20N4O2/c17-10-1-2-14-12(7-10)15(13-9-22-6-5-19-13)16(21)20(14)11-3-4-18-8-11/h1-2,7,11,18-19H,3-6,8-9,17H2/b15-13-/t11-/m0/s1. The van der Waals surface area contributed by atoms with Gasteiger partial charge in [-0.1, -0.05) is 0 Å². The minimum Gasteiger partial charge on any atom is -0.399 e. The first-order valence-electron chi connectivity index (χ1n) is 7.74. The van der Waals surface area contributed by atoms with E-state index in [1.807, 2.05) is 23.1 Å². The summed E-state index contributed by atoms with van der Waals surface area (Å²) in [6.07, 6.45) is 0.974. The van der Waals surface area contributed by atoms with E-state index in [0.717, 1.165) is 43.0 Å². The van der Waals surface area contributed by atoms with Gasteiger partial charge in [0, 0.05) is 24.3 Å². The van der Waals surface area contributed by atoms with Crippen LogP contribution < -0.4 is 21.3 Å². The van der Waals surface area contributed by atoms with Gasteiger partial charge in [0.2, 0.25) is 0 Å². The number of nitrogens with zero attached hydrogens (tertiary/aromatic N) is 1. The second kappa shape index (κ2) is 5.30. The number of nitrogens with one attached hydrogen (secondary N) is 2. The molecular formula is C16H20N4O2. The lowest BCUT2D eigenvalue weighted by Gasteiger charge is -2.24. The number of nitrogens with two attached hydrogens (primary N) is 1. The van der Waals surface area contributed by atoms with Crippen molar-refractivity contribution in [1.82, 2.24) is 10.6 Å². The summed E-state index contributed by atoms with van der Waals surface area (Å²) in [4.78, 5) is 15.0. The number of hydrogen-bond acceptors (Lipinski definition) is 5. The summed E-state index contributed by atoms with van der Waals surface area (Å²) in [6.45, 7) is 3.64. The zero-order chi connectivity index (χ0) is 15.1. The van der Waals surface area contributed by atoms with E-state index in [4.69, 9.17) is 10.5 Å². The SMILES string of the molecule is Nc1ccc2c(c1)/C(=C1\COCCN1)C(=O)N2[C@H]1CCNC1. The molecule has 0 bridgehead atoms. The number of rotatable bonds is 1. The lowest BCUT2D eigenvalue weighted by molar-refractivity contribution is -0.113. The number of amides is 1. The smallest absolute Gasteiger partial charge is 0.261 e. The molecule has 2 saturated heterocycles. The normalized spacial score (nSPS) is 27.9. The maximum atomic E-state index is 13.1. The van der Waals surface area contributed by atoms with Crippen molar-refractivity contribution in [2.45, 2.75) is 12.5 Å². The summed E-state index contributed by atoms with van der Waals surface area (Å²) < 4.78 is 5.51. The van der Waals surface area contributed by atoms with Crippen LogP contribution >= 0.6 is 0 Å². The molecular weight excluding hydrogens is 280 g/mol. The molecule has 22 heavy (non-hydrogen) atoms. The fourth-order valence-corrected chi connectivity index (χ4v) is 3.48. The van der Waals surface area contributed by atoms with Gasteiger partial charge < -0.3 is 26.0 Å². The van der Waals surface area contributed by atoms with Crippen LogP contribution in [0.5, 0.6) is 0 Å². The number of hydrogen-bond donors (Lipinski definition) is 3. The van der Waals surface area contributed by atoms with Crippen LogP contribution in [0.3, 0.4) is 0 Å². The first-order valence-corrected chi connectivity index (χ1v) is 7.74. The van der Waals surface area contributed by atoms with Gasteiger partial charge in [0.05, 0.1) is 36.2 Å². The summed E-state index contributed by atoms with van der Waals surface area (Å²) in [5, 5.41) is 6.65. The van der Waals surface area contributed by atoms with Crippen molar-refractivity contribution >= 4 is 22.9 Å². The van der Waals surface area contributed by atoms with Gasteiger partial charge in [-0.05, 0) is 31.2 Å². The zero-order valence-corrected chi connectivity index (χ0v) is 12.4. The van der Waals surface area contributed by atoms with Crippen molar-refractivity contribution in [2.75, 3.05) is 43.5 Å². The maximum Gasteiger partial charge on any atom is 0.261 e. The van der Waals surface area contributed by atoms with Gasteiger partial charge in [-0.3, -0.25) is 4.79 Å². The van der Waals surface area contributed by atoms with E-state index in [0.29, 0.717) is 24.5 Å². The molecule has 0 aliphatic carbocycles. The molecule has 3 aliphatic rings. The molecule has 1 aromatic carbocycles. The van der Waals surface area contributed by atoms with Gasteiger partial charge in [0.1, 0.15) is 0 Å². The van der Waals surface area contributed by atoms with Gasteiger partial charge in [0.25, 0.3) is 5.91 Å². The highest BCUT2D eigenvalue weighted by Crippen LogP contribution is 2.41. The second-order valence-corrected chi connectivity index (χ2v) is 5.93. The Morgan fingerprint density at radius 3 is 2.95 bits per heavy atom. The van der Waals surface area contributed by atoms with E-state index < -0.39 is 0 Å². The first kappa shape index (κ1) is 13.6. The van der Waals surface area contributed by atoms with E-state index in [1.54, 1.807) is 0 Å². The molecule has 0 aromatic heterocycles. The number of carbonyl (C=O) groups is 1. The van der Waals surface area contributed by atoms with Crippen molar-refractivity contribution < 1.29 is 9.53 Å². The van der Waals surface area contributed by atoms with Crippen LogP contribution in [-0.4, -0.2) is 44.8 Å². The number of ether oxygens (including phenoxy) is 1. The Balaban J connectivity index is 1.83. The van der Waals surface area contributed by atoms with Crippen LogP contribution in [0.4, 0.5) is 11.4 Å². The fourth-order valence-electron chi connectivity index (χ4n) is 3.48. The molecule has 116 valence electrons. The van der Waals surface area contributed by atoms with E-state index in [2.05, 4.69) is 10.6 Å². The minimum atomic E-state index is 0.0577. The average molecular weight is 300 g/mol. The lowest BCUT2D eigenvalue weighted by atomic mass is 10.0. The molecule has 0 radical (unpaired) electrons. The molecule has 4 N–H and O–H groups in total. The van der Waals surface area contributed by atoms with Gasteiger partial charge in [-0.15, -0.1) is 0 Å². The topological polar surface area (TPSA) is 79.6 Å². The van der Waals surface area contributed by atoms with Crippen LogP contribution in [0.1, 0.15) is 12.0 Å². The Hall–Kier alpha value is -2.05. The van der Waals surface area contributed by atoms with Crippen molar-refractivity contribution in [1.29, 1.82) is 0 Å². The Morgan fingerprint density at radius 1 is 1.32 bits per heavy atom. The van der Waals surface area contributed by atoms with Crippen LogP contribution in [0.25, 0.3) is 5.57 Å². The predicted octanol–water partition coefficient (Wildman–Crippen LogP) is 0.308. The average Bonchev–Trinajstić information content (AvgIpc) is 3.13. The number of fused-ring (bicyclic) bond motifs is 1. The number of benzene rings is 1. The molecule has 1 atom stereocenters. The molecule has 2 fully saturated rings. The molecule has 3 aliphatic heterocycles. The van der Waals surface area contributed by atoms with Gasteiger partial charge >= 0.3 is 0 Å². The van der Waals surface area contributed by atoms with Crippen molar-refractivity contribution in [3.05, 3.63) is 29.5 Å². The predicted molar refractivity (Wildman–Crippen MR) is 85.4 cm³/mol. The molecule has 3 heterocycles. The molecule has 0 unspecified atom stereocenters. The summed E-state index contributed by atoms with van der Waals surface area (Å²) in [5.41, 5.74) is 10.1. The third-order valence-electron chi connectivity index (χ3n) is 4.51. The molecule has 1 aromatic rings. The molecule has 6 nitrogen and oxygen atoms in total. The number of morpholine rings is 1. The molecule has 6 heteroatoms. The van der Waals surface area contributed by atoms with E-state index in [9.17, 15) is 4.79 Å². The molecule has 4 rings (SSSR count). The van der Waals surface area contributed by atoms with Gasteiger partial charge in [0.15, 0.2) is 0 Å². The summed E-state index contributed by atoms with van der Waals surface area (Å²) in [7, 11) is 0. The Kier molecular flexibility index (Phi) is 3.28. The molecule has 0 saturated carbocycles. The Labute approximate surface area is 129 Å². The number of carbonyl (C=O) groups excluding carboxylic acids is 1. The highest BCUT2D eigenvalue weighted by atomic mass is 16.5. The Morgan fingerprint density at radius 2 is 2.23 bits per heavy atom. The van der Waals surface area contributed by atoms with E-state index in [-0.39, 0.29) is 11.9 Å². The highest BCUT2D eigenvalue weighted by Gasteiger charge is 2.39. The molecule has 1 amide bonds. The lowest BCUT2D eigenvalue weighted by Crippen LogP contribution is -2.40. The monoisotopic (exact) mass is 300 g/mol. The van der Waals surface area contributed by atoms with Gasteiger partial charge in [-0.25, -0.2) is 0 Å². The van der Waals surface area contributed by atoms with E-state index in [1.165, 1.54) is 0 Å². The number of anilines is 2. The first-order chi connectivity index (χ1) is 10.8. The maximum absolute atomic E-state index is 13.1. The van der Waals surface area contributed by atoms with E-state index >= 15 is 0 Å². The van der Waals surface area contributed by atoms with Crippen LogP contribution in [-0.2, 0) is 9.53 Å². The summed E-state index contributed by atoms with van der Waals surface area (Å²) in [6, 6.07) is 5.92. The second-order valence-electron chi connectivity index (χ2n) is 5.93. The van der Waals surface area contributed by atoms with Gasteiger partial charge in [-0.2, -0.15) is 0 Å². The fraction of sp³-hybridized carbons (Fsp3) is 0.438. The molecule has 0 spiro atoms. The zero-order valence-electron chi connectivity index (χ0n) is 12.4. The van der Waals surface area contributed by atoms with Crippen molar-refractivity contribution in [3.63, 3.8) is 0 Å². The van der Waals surface area contributed by atoms with Crippen LogP contribution in [0.15, 0.2) is 23.9 Å². The third-order valence-corrected chi connectivity index (χ3v) is 4.51. The summed E-state index contributed by atoms with van der Waals surface area (Å²) >= 11 is 0.